The summed E-state index contributed by atoms with van der Waals surface area (Å²) in [6.45, 7) is 0.422. The zero-order chi connectivity index (χ0) is 14.5. The number of nitrogen functional groups attached to an aromatic ring is 1. The Morgan fingerprint density at radius 3 is 2.90 bits per heavy atom. The minimum Gasteiger partial charge on any atom is -0.467 e. The zero-order valence-corrected chi connectivity index (χ0v) is 11.8. The van der Waals surface area contributed by atoms with Gasteiger partial charge in [-0.1, -0.05) is 0 Å². The molecule has 0 fully saturated rings. The van der Waals surface area contributed by atoms with Gasteiger partial charge >= 0.3 is 0 Å². The summed E-state index contributed by atoms with van der Waals surface area (Å²) in [5.41, 5.74) is 6.04. The highest BCUT2D eigenvalue weighted by Crippen LogP contribution is 2.25. The van der Waals surface area contributed by atoms with Crippen LogP contribution in [0.2, 0.25) is 0 Å². The number of carbonyl (C=O) groups is 1. The lowest BCUT2D eigenvalue weighted by molar-refractivity contribution is -0.127. The fraction of sp³-hybridized carbons (Fsp3) is 0.214. The number of rotatable bonds is 5. The standard InChI is InChI=1S/C14H15FN2O2S/c1-17(8-11-3-2-6-19-11)14(18)9-20-13-5-4-10(15)7-12(13)16/h2-7H,8-9,16H2,1H3. The highest BCUT2D eigenvalue weighted by atomic mass is 32.2. The molecule has 2 rings (SSSR count). The van der Waals surface area contributed by atoms with Crippen LogP contribution in [0.1, 0.15) is 5.76 Å². The number of furan rings is 1. The van der Waals surface area contributed by atoms with Gasteiger partial charge in [0.2, 0.25) is 5.91 Å². The van der Waals surface area contributed by atoms with Crippen LogP contribution in [0.25, 0.3) is 0 Å². The molecule has 0 saturated heterocycles. The zero-order valence-electron chi connectivity index (χ0n) is 11.0. The topological polar surface area (TPSA) is 59.5 Å². The first kappa shape index (κ1) is 14.5. The second-order valence-corrected chi connectivity index (χ2v) is 5.32. The maximum atomic E-state index is 12.9. The summed E-state index contributed by atoms with van der Waals surface area (Å²) in [6, 6.07) is 7.75. The molecular formula is C14H15FN2O2S. The lowest BCUT2D eigenvalue weighted by atomic mass is 10.3. The van der Waals surface area contributed by atoms with E-state index in [4.69, 9.17) is 10.2 Å². The molecule has 2 aromatic rings. The van der Waals surface area contributed by atoms with Gasteiger partial charge < -0.3 is 15.1 Å². The molecule has 0 aliphatic rings. The second-order valence-electron chi connectivity index (χ2n) is 4.30. The molecular weight excluding hydrogens is 279 g/mol. The van der Waals surface area contributed by atoms with Gasteiger partial charge in [-0.3, -0.25) is 4.79 Å². The molecule has 1 aromatic carbocycles. The first-order valence-corrected chi connectivity index (χ1v) is 6.99. The van der Waals surface area contributed by atoms with E-state index in [1.807, 2.05) is 6.07 Å². The average molecular weight is 294 g/mol. The van der Waals surface area contributed by atoms with Crippen LogP contribution < -0.4 is 5.73 Å². The van der Waals surface area contributed by atoms with Crippen LogP contribution in [-0.4, -0.2) is 23.6 Å². The van der Waals surface area contributed by atoms with Gasteiger partial charge in [0, 0.05) is 17.6 Å². The van der Waals surface area contributed by atoms with E-state index in [-0.39, 0.29) is 17.5 Å². The van der Waals surface area contributed by atoms with Gasteiger partial charge in [0.15, 0.2) is 0 Å². The summed E-state index contributed by atoms with van der Waals surface area (Å²) in [4.78, 5) is 14.2. The molecule has 0 atom stereocenters. The van der Waals surface area contributed by atoms with Crippen molar-refractivity contribution in [2.24, 2.45) is 0 Å². The quantitative estimate of drug-likeness (QED) is 0.680. The summed E-state index contributed by atoms with van der Waals surface area (Å²) >= 11 is 1.29. The Morgan fingerprint density at radius 1 is 1.45 bits per heavy atom. The minimum atomic E-state index is -0.381. The number of thioether (sulfide) groups is 1. The summed E-state index contributed by atoms with van der Waals surface area (Å²) in [5.74, 6) is 0.544. The number of hydrogen-bond acceptors (Lipinski definition) is 4. The average Bonchev–Trinajstić information content (AvgIpc) is 2.90. The van der Waals surface area contributed by atoms with Gasteiger partial charge in [0.25, 0.3) is 0 Å². The third-order valence-corrected chi connectivity index (χ3v) is 3.80. The van der Waals surface area contributed by atoms with Crippen molar-refractivity contribution in [1.29, 1.82) is 0 Å². The number of nitrogens with zero attached hydrogens (tertiary/aromatic N) is 1. The summed E-state index contributed by atoms with van der Waals surface area (Å²) in [7, 11) is 1.71. The molecule has 1 heterocycles. The van der Waals surface area contributed by atoms with Crippen molar-refractivity contribution in [3.63, 3.8) is 0 Å². The summed E-state index contributed by atoms with van der Waals surface area (Å²) in [6.07, 6.45) is 1.57. The van der Waals surface area contributed by atoms with Crippen LogP contribution in [-0.2, 0) is 11.3 Å². The van der Waals surface area contributed by atoms with Gasteiger partial charge in [-0.2, -0.15) is 0 Å². The Balaban J connectivity index is 1.88. The predicted octanol–water partition coefficient (Wildman–Crippen LogP) is 2.75. The van der Waals surface area contributed by atoms with E-state index >= 15 is 0 Å². The van der Waals surface area contributed by atoms with E-state index in [1.54, 1.807) is 30.3 Å². The van der Waals surface area contributed by atoms with Gasteiger partial charge in [-0.25, -0.2) is 4.39 Å². The minimum absolute atomic E-state index is 0.0462. The summed E-state index contributed by atoms with van der Waals surface area (Å²) in [5, 5.41) is 0. The molecule has 6 heteroatoms. The van der Waals surface area contributed by atoms with Crippen LogP contribution in [0, 0.1) is 5.82 Å². The van der Waals surface area contributed by atoms with Crippen LogP contribution in [0.3, 0.4) is 0 Å². The van der Waals surface area contributed by atoms with E-state index in [0.717, 1.165) is 5.76 Å². The molecule has 1 aromatic heterocycles. The summed E-state index contributed by atoms with van der Waals surface area (Å²) < 4.78 is 18.1. The number of amides is 1. The molecule has 1 amide bonds. The second kappa shape index (κ2) is 6.47. The Kier molecular flexibility index (Phi) is 4.68. The molecule has 0 saturated carbocycles. The van der Waals surface area contributed by atoms with Crippen LogP contribution in [0.4, 0.5) is 10.1 Å². The maximum absolute atomic E-state index is 12.9. The van der Waals surface area contributed by atoms with E-state index in [2.05, 4.69) is 0 Å². The fourth-order valence-electron chi connectivity index (χ4n) is 1.62. The Bertz CT molecular complexity index is 587. The molecule has 20 heavy (non-hydrogen) atoms. The van der Waals surface area contributed by atoms with Crippen LogP contribution in [0.5, 0.6) is 0 Å². The van der Waals surface area contributed by atoms with Crippen LogP contribution >= 0.6 is 11.8 Å². The van der Waals surface area contributed by atoms with Crippen molar-refractivity contribution >= 4 is 23.4 Å². The number of carbonyl (C=O) groups excluding carboxylic acids is 1. The largest absolute Gasteiger partial charge is 0.467 e. The van der Waals surface area contributed by atoms with Crippen molar-refractivity contribution < 1.29 is 13.6 Å². The normalized spacial score (nSPS) is 10.5. The molecule has 0 aliphatic heterocycles. The number of nitrogens with two attached hydrogens (primary N) is 1. The van der Waals surface area contributed by atoms with Gasteiger partial charge in [-0.15, -0.1) is 11.8 Å². The highest BCUT2D eigenvalue weighted by molar-refractivity contribution is 8.00. The monoisotopic (exact) mass is 294 g/mol. The Hall–Kier alpha value is -1.95. The number of halogens is 1. The third-order valence-electron chi connectivity index (χ3n) is 2.72. The van der Waals surface area contributed by atoms with Gasteiger partial charge in [0.1, 0.15) is 11.6 Å². The number of benzene rings is 1. The molecule has 0 aliphatic carbocycles. The van der Waals surface area contributed by atoms with Crippen molar-refractivity contribution in [2.45, 2.75) is 11.4 Å². The molecule has 2 N–H and O–H groups in total. The van der Waals surface area contributed by atoms with Crippen molar-refractivity contribution in [2.75, 3.05) is 18.5 Å². The van der Waals surface area contributed by atoms with E-state index in [1.165, 1.54) is 23.9 Å². The first-order chi connectivity index (χ1) is 9.56. The number of anilines is 1. The maximum Gasteiger partial charge on any atom is 0.233 e. The van der Waals surface area contributed by atoms with Gasteiger partial charge in [-0.05, 0) is 30.3 Å². The van der Waals surface area contributed by atoms with Crippen molar-refractivity contribution in [3.8, 4) is 0 Å². The molecule has 0 radical (unpaired) electrons. The molecule has 0 unspecified atom stereocenters. The smallest absolute Gasteiger partial charge is 0.233 e. The predicted molar refractivity (Wildman–Crippen MR) is 76.7 cm³/mol. The van der Waals surface area contributed by atoms with Crippen LogP contribution in [0.15, 0.2) is 45.9 Å². The van der Waals surface area contributed by atoms with E-state index in [9.17, 15) is 9.18 Å². The Morgan fingerprint density at radius 2 is 2.25 bits per heavy atom. The molecule has 106 valence electrons. The lowest BCUT2D eigenvalue weighted by Crippen LogP contribution is -2.27. The fourth-order valence-corrected chi connectivity index (χ4v) is 2.51. The SMILES string of the molecule is CN(Cc1ccco1)C(=O)CSc1ccc(F)cc1N. The lowest BCUT2D eigenvalue weighted by Gasteiger charge is -2.15. The molecule has 4 nitrogen and oxygen atoms in total. The molecule has 0 spiro atoms. The van der Waals surface area contributed by atoms with E-state index < -0.39 is 0 Å². The molecule has 0 bridgehead atoms. The number of hydrogen-bond donors (Lipinski definition) is 1. The van der Waals surface area contributed by atoms with Crippen molar-refractivity contribution in [3.05, 3.63) is 48.2 Å². The third kappa shape index (κ3) is 3.77. The van der Waals surface area contributed by atoms with E-state index in [0.29, 0.717) is 17.1 Å². The van der Waals surface area contributed by atoms with Gasteiger partial charge in [0.05, 0.1) is 18.6 Å². The highest BCUT2D eigenvalue weighted by Gasteiger charge is 2.12. The van der Waals surface area contributed by atoms with Crippen molar-refractivity contribution in [1.82, 2.24) is 4.90 Å². The Labute approximate surface area is 120 Å². The first-order valence-electron chi connectivity index (χ1n) is 6.00.